The summed E-state index contributed by atoms with van der Waals surface area (Å²) in [5.74, 6) is -0.414. The number of rotatable bonds is 2. The van der Waals surface area contributed by atoms with Gasteiger partial charge in [0, 0.05) is 10.4 Å². The molecule has 0 N–H and O–H groups in total. The Morgan fingerprint density at radius 1 is 1.57 bits per heavy atom. The van der Waals surface area contributed by atoms with Gasteiger partial charge in [-0.15, -0.1) is 0 Å². The molecule has 1 aliphatic rings. The molecule has 0 saturated heterocycles. The number of hydrogen-bond donors (Lipinski definition) is 0. The van der Waals surface area contributed by atoms with Crippen LogP contribution in [0.25, 0.3) is 0 Å². The van der Waals surface area contributed by atoms with Crippen molar-refractivity contribution in [3.8, 4) is 0 Å². The second kappa shape index (κ2) is 6.64. The van der Waals surface area contributed by atoms with Gasteiger partial charge in [0.05, 0.1) is 11.0 Å². The second-order valence-corrected chi connectivity index (χ2v) is 3.24. The molecule has 0 aromatic rings. The van der Waals surface area contributed by atoms with Gasteiger partial charge < -0.3 is 9.84 Å². The van der Waals surface area contributed by atoms with Gasteiger partial charge in [-0.3, -0.25) is 0 Å². The minimum Gasteiger partial charge on any atom is -0.613 e. The average Bonchev–Trinajstić information content (AvgIpc) is 2.04. The third-order valence-electron chi connectivity index (χ3n) is 1.44. The SMILES string of the molecule is CCO/C([O-])=C1\C=CC(=S)C=C1Cl.[Na+]. The van der Waals surface area contributed by atoms with Crippen LogP contribution in [0.1, 0.15) is 6.92 Å². The van der Waals surface area contributed by atoms with E-state index >= 15 is 0 Å². The Morgan fingerprint density at radius 3 is 2.71 bits per heavy atom. The smallest absolute Gasteiger partial charge is 0.613 e. The standard InChI is InChI=1S/C9H9ClO2S.Na/c1-2-12-9(11)7-4-3-6(13)5-8(7)10;/h3-5,11H,2H2,1H3;/q;+1/p-1/b9-7+;. The van der Waals surface area contributed by atoms with Crippen molar-refractivity contribution in [2.45, 2.75) is 6.92 Å². The quantitative estimate of drug-likeness (QED) is 0.339. The Morgan fingerprint density at radius 2 is 2.21 bits per heavy atom. The molecule has 0 heterocycles. The van der Waals surface area contributed by atoms with Gasteiger partial charge in [-0.2, -0.15) is 0 Å². The van der Waals surface area contributed by atoms with Crippen molar-refractivity contribution in [3.63, 3.8) is 0 Å². The summed E-state index contributed by atoms with van der Waals surface area (Å²) in [4.78, 5) is 0.609. The molecule has 0 aromatic heterocycles. The Bertz CT molecular complexity index is 321. The normalized spacial score (nSPS) is 18.4. The molecule has 2 nitrogen and oxygen atoms in total. The molecular formula is C9H8ClNaO2S. The van der Waals surface area contributed by atoms with Crippen LogP contribution in [-0.4, -0.2) is 11.5 Å². The average molecular weight is 239 g/mol. The zero-order valence-electron chi connectivity index (χ0n) is 8.04. The van der Waals surface area contributed by atoms with Crippen LogP contribution in [-0.2, 0) is 4.74 Å². The van der Waals surface area contributed by atoms with Crippen molar-refractivity contribution in [2.24, 2.45) is 0 Å². The Hall–Kier alpha value is 0.200. The van der Waals surface area contributed by atoms with Crippen molar-refractivity contribution < 1.29 is 39.4 Å². The molecule has 0 unspecified atom stereocenters. The summed E-state index contributed by atoms with van der Waals surface area (Å²) in [5, 5.41) is 11.6. The molecule has 0 saturated carbocycles. The van der Waals surface area contributed by atoms with Crippen molar-refractivity contribution in [3.05, 3.63) is 34.8 Å². The van der Waals surface area contributed by atoms with Gasteiger partial charge in [0.1, 0.15) is 0 Å². The third-order valence-corrected chi connectivity index (χ3v) is 2.00. The van der Waals surface area contributed by atoms with Crippen LogP contribution in [0.4, 0.5) is 0 Å². The molecule has 14 heavy (non-hydrogen) atoms. The first kappa shape index (κ1) is 14.2. The summed E-state index contributed by atoms with van der Waals surface area (Å²) in [6, 6.07) is 0. The zero-order chi connectivity index (χ0) is 9.84. The van der Waals surface area contributed by atoms with E-state index in [1.165, 1.54) is 0 Å². The molecule has 70 valence electrons. The molecule has 0 atom stereocenters. The van der Waals surface area contributed by atoms with Crippen LogP contribution < -0.4 is 34.7 Å². The first-order valence-corrected chi connectivity index (χ1v) is 4.57. The summed E-state index contributed by atoms with van der Waals surface area (Å²) in [5.41, 5.74) is 0.358. The van der Waals surface area contributed by atoms with Gasteiger partial charge in [-0.25, -0.2) is 0 Å². The maximum Gasteiger partial charge on any atom is 1.00 e. The van der Waals surface area contributed by atoms with Crippen molar-refractivity contribution in [2.75, 3.05) is 6.61 Å². The fraction of sp³-hybridized carbons (Fsp3) is 0.222. The molecule has 0 radical (unpaired) electrons. The topological polar surface area (TPSA) is 32.3 Å². The van der Waals surface area contributed by atoms with E-state index < -0.39 is 5.95 Å². The van der Waals surface area contributed by atoms with Crippen molar-refractivity contribution in [1.29, 1.82) is 0 Å². The van der Waals surface area contributed by atoms with E-state index in [1.807, 2.05) is 0 Å². The minimum atomic E-state index is -0.414. The van der Waals surface area contributed by atoms with E-state index in [9.17, 15) is 5.11 Å². The summed E-state index contributed by atoms with van der Waals surface area (Å²) in [6.45, 7) is 2.08. The van der Waals surface area contributed by atoms with E-state index in [2.05, 4.69) is 0 Å². The number of ether oxygens (including phenoxy) is 1. The molecule has 1 aliphatic carbocycles. The predicted octanol–water partition coefficient (Wildman–Crippen LogP) is -1.34. The Kier molecular flexibility index (Phi) is 6.74. The predicted molar refractivity (Wildman–Crippen MR) is 54.3 cm³/mol. The summed E-state index contributed by atoms with van der Waals surface area (Å²) in [7, 11) is 0. The first-order chi connectivity index (χ1) is 6.15. The maximum atomic E-state index is 11.2. The molecule has 0 aliphatic heterocycles. The molecule has 0 fully saturated rings. The van der Waals surface area contributed by atoms with Crippen LogP contribution in [0.15, 0.2) is 34.8 Å². The summed E-state index contributed by atoms with van der Waals surface area (Å²) >= 11 is 10.7. The van der Waals surface area contributed by atoms with Crippen LogP contribution in [0, 0.1) is 0 Å². The van der Waals surface area contributed by atoms with Gasteiger partial charge in [0.2, 0.25) is 0 Å². The fourth-order valence-electron chi connectivity index (χ4n) is 0.870. The number of halogens is 1. The molecule has 0 amide bonds. The Balaban J connectivity index is 0.00000169. The molecule has 5 heteroatoms. The number of hydrogen-bond acceptors (Lipinski definition) is 3. The molecule has 0 bridgehead atoms. The van der Waals surface area contributed by atoms with Crippen LogP contribution in [0.5, 0.6) is 0 Å². The van der Waals surface area contributed by atoms with Crippen LogP contribution in [0.3, 0.4) is 0 Å². The molecule has 1 rings (SSSR count). The van der Waals surface area contributed by atoms with Gasteiger partial charge in [-0.1, -0.05) is 36.8 Å². The molecule has 0 spiro atoms. The molecule has 0 aromatic carbocycles. The van der Waals surface area contributed by atoms with Gasteiger partial charge >= 0.3 is 29.6 Å². The van der Waals surface area contributed by atoms with E-state index in [1.54, 1.807) is 25.2 Å². The summed E-state index contributed by atoms with van der Waals surface area (Å²) in [6.07, 6.45) is 4.78. The summed E-state index contributed by atoms with van der Waals surface area (Å²) < 4.78 is 4.79. The van der Waals surface area contributed by atoms with Gasteiger partial charge in [0.15, 0.2) is 0 Å². The second-order valence-electron chi connectivity index (χ2n) is 2.36. The first-order valence-electron chi connectivity index (χ1n) is 3.79. The van der Waals surface area contributed by atoms with Crippen molar-refractivity contribution >= 4 is 28.7 Å². The monoisotopic (exact) mass is 238 g/mol. The number of allylic oxidation sites excluding steroid dienone is 5. The van der Waals surface area contributed by atoms with E-state index in [4.69, 9.17) is 28.6 Å². The largest absolute Gasteiger partial charge is 1.00 e. The maximum absolute atomic E-state index is 11.2. The fourth-order valence-corrected chi connectivity index (χ4v) is 1.38. The van der Waals surface area contributed by atoms with Gasteiger partial charge in [0.25, 0.3) is 0 Å². The van der Waals surface area contributed by atoms with E-state index in [0.717, 1.165) is 0 Å². The van der Waals surface area contributed by atoms with Crippen molar-refractivity contribution in [1.82, 2.24) is 0 Å². The van der Waals surface area contributed by atoms with Crippen LogP contribution >= 0.6 is 23.8 Å². The van der Waals surface area contributed by atoms with Crippen LogP contribution in [0.2, 0.25) is 0 Å². The number of thiocarbonyl (C=S) groups is 1. The van der Waals surface area contributed by atoms with Gasteiger partial charge in [-0.05, 0) is 18.8 Å². The minimum absolute atomic E-state index is 0. The van der Waals surface area contributed by atoms with E-state index in [-0.39, 0.29) is 29.6 Å². The molecular weight excluding hydrogens is 231 g/mol. The third kappa shape index (κ3) is 3.75. The van der Waals surface area contributed by atoms with E-state index in [0.29, 0.717) is 22.1 Å². The Labute approximate surface area is 116 Å². The zero-order valence-corrected chi connectivity index (χ0v) is 11.6.